The first-order valence-corrected chi connectivity index (χ1v) is 12.9. The van der Waals surface area contributed by atoms with Crippen molar-refractivity contribution in [2.45, 2.75) is 0 Å². The van der Waals surface area contributed by atoms with Gasteiger partial charge in [-0.25, -0.2) is 47.2 Å². The van der Waals surface area contributed by atoms with Crippen LogP contribution in [0.3, 0.4) is 0 Å². The Labute approximate surface area is 203 Å². The van der Waals surface area contributed by atoms with Crippen molar-refractivity contribution in [2.24, 2.45) is 0 Å². The summed E-state index contributed by atoms with van der Waals surface area (Å²) in [5, 5.41) is 0. The second-order valence-corrected chi connectivity index (χ2v) is 9.30. The van der Waals surface area contributed by atoms with Gasteiger partial charge in [0.15, 0.2) is 9.66 Å². The number of pyridine rings is 2. The molecule has 1 aromatic carbocycles. The SMILES string of the molecule is [O-][Cl+3]([O-])([O-])[O-].[O-][Cl+3]([O-])([O-])[O-].c1cc(-[n+]2csc3ncccc32)cc(-[n+]2csc3ncccc32)c1. The quantitative estimate of drug-likeness (QED) is 0.190. The largest absolute Gasteiger partial charge is 0.248 e. The summed E-state index contributed by atoms with van der Waals surface area (Å²) >= 11 is 3.30. The maximum Gasteiger partial charge on any atom is 0.248 e. The van der Waals surface area contributed by atoms with E-state index in [-0.39, 0.29) is 0 Å². The number of hydrogen-bond donors (Lipinski definition) is 0. The van der Waals surface area contributed by atoms with E-state index in [1.54, 1.807) is 22.7 Å². The van der Waals surface area contributed by atoms with Crippen molar-refractivity contribution >= 4 is 43.4 Å². The smallest absolute Gasteiger partial charge is 0.239 e. The molecule has 0 atom stereocenters. The number of aromatic nitrogens is 4. The molecule has 34 heavy (non-hydrogen) atoms. The molecule has 4 heterocycles. The van der Waals surface area contributed by atoms with Gasteiger partial charge in [0.2, 0.25) is 33.4 Å². The van der Waals surface area contributed by atoms with Crippen LogP contribution >= 0.6 is 22.7 Å². The van der Waals surface area contributed by atoms with Gasteiger partial charge in [-0.2, -0.15) is 0 Å². The van der Waals surface area contributed by atoms with Crippen molar-refractivity contribution in [3.8, 4) is 11.4 Å². The normalized spacial score (nSPS) is 11.5. The molecule has 0 N–H and O–H groups in total. The number of fused-ring (bicyclic) bond motifs is 2. The first kappa shape index (κ1) is 26.2. The summed E-state index contributed by atoms with van der Waals surface area (Å²) in [6, 6.07) is 16.7. The van der Waals surface area contributed by atoms with E-state index in [4.69, 9.17) is 37.3 Å². The van der Waals surface area contributed by atoms with Crippen LogP contribution in [0.5, 0.6) is 0 Å². The number of nitrogens with zero attached hydrogens (tertiary/aromatic N) is 4. The van der Waals surface area contributed by atoms with E-state index in [1.165, 1.54) is 0 Å². The van der Waals surface area contributed by atoms with Crippen LogP contribution in [0.1, 0.15) is 0 Å². The molecule has 0 bridgehead atoms. The molecule has 5 rings (SSSR count). The molecule has 5 aromatic rings. The number of thiazole rings is 2. The van der Waals surface area contributed by atoms with Crippen molar-refractivity contribution in [2.75, 3.05) is 0 Å². The lowest BCUT2D eigenvalue weighted by molar-refractivity contribution is -2.00. The molecule has 16 heteroatoms. The van der Waals surface area contributed by atoms with E-state index in [0.717, 1.165) is 32.1 Å². The highest BCUT2D eigenvalue weighted by molar-refractivity contribution is 7.16. The van der Waals surface area contributed by atoms with Gasteiger partial charge in [0.1, 0.15) is 0 Å². The Kier molecular flexibility index (Phi) is 8.37. The summed E-state index contributed by atoms with van der Waals surface area (Å²) in [5.41, 5.74) is 8.72. The van der Waals surface area contributed by atoms with Gasteiger partial charge in [0.05, 0.1) is 6.07 Å². The molecule has 0 saturated heterocycles. The minimum absolute atomic E-state index is 1.04. The van der Waals surface area contributed by atoms with E-state index in [9.17, 15) is 0 Å². The van der Waals surface area contributed by atoms with Crippen molar-refractivity contribution in [1.82, 2.24) is 9.97 Å². The monoisotopic (exact) mass is 546 g/mol. The van der Waals surface area contributed by atoms with E-state index in [2.05, 4.69) is 66.5 Å². The fourth-order valence-corrected chi connectivity index (χ4v) is 4.52. The molecule has 0 saturated carbocycles. The Morgan fingerprint density at radius 1 is 0.588 bits per heavy atom. The first-order chi connectivity index (χ1) is 15.9. The summed E-state index contributed by atoms with van der Waals surface area (Å²) < 4.78 is 72.3. The van der Waals surface area contributed by atoms with Crippen molar-refractivity contribution in [1.29, 1.82) is 0 Å². The molecular formula is C18H12Cl2N4O8S2. The summed E-state index contributed by atoms with van der Waals surface area (Å²) in [5.74, 6) is 0. The summed E-state index contributed by atoms with van der Waals surface area (Å²) in [7, 11) is -9.89. The van der Waals surface area contributed by atoms with Gasteiger partial charge in [0, 0.05) is 36.7 Å². The van der Waals surface area contributed by atoms with Gasteiger partial charge in [-0.15, -0.1) is 29.6 Å². The molecule has 12 nitrogen and oxygen atoms in total. The highest BCUT2D eigenvalue weighted by Gasteiger charge is 2.20. The zero-order valence-corrected chi connectivity index (χ0v) is 19.7. The third-order valence-corrected chi connectivity index (χ3v) is 5.65. The zero-order valence-electron chi connectivity index (χ0n) is 16.6. The van der Waals surface area contributed by atoms with Crippen LogP contribution in [0.2, 0.25) is 0 Å². The molecule has 0 aliphatic heterocycles. The fourth-order valence-electron chi connectivity index (χ4n) is 2.82. The summed E-state index contributed by atoms with van der Waals surface area (Å²) in [6.07, 6.45) is 3.67. The van der Waals surface area contributed by atoms with Gasteiger partial charge in [-0.05, 0) is 40.9 Å². The number of halogens is 2. The highest BCUT2D eigenvalue weighted by atomic mass is 35.7. The third-order valence-electron chi connectivity index (χ3n) is 3.95. The van der Waals surface area contributed by atoms with Crippen LogP contribution in [0.25, 0.3) is 32.1 Å². The van der Waals surface area contributed by atoms with Crippen molar-refractivity contribution in [3.63, 3.8) is 0 Å². The second kappa shape index (κ2) is 10.9. The van der Waals surface area contributed by atoms with Crippen molar-refractivity contribution < 1.29 is 66.9 Å². The maximum absolute atomic E-state index is 8.49. The Morgan fingerprint density at radius 2 is 0.971 bits per heavy atom. The Morgan fingerprint density at radius 3 is 1.35 bits per heavy atom. The van der Waals surface area contributed by atoms with Crippen LogP contribution in [0, 0.1) is 20.5 Å². The van der Waals surface area contributed by atoms with E-state index in [1.807, 2.05) is 24.5 Å². The average molecular weight is 547 g/mol. The molecule has 0 aliphatic carbocycles. The Bertz CT molecular complexity index is 1270. The number of benzene rings is 1. The maximum atomic E-state index is 8.49. The molecule has 0 radical (unpaired) electrons. The molecule has 0 aliphatic rings. The zero-order chi connectivity index (χ0) is 24.9. The number of rotatable bonds is 2. The van der Waals surface area contributed by atoms with Gasteiger partial charge >= 0.3 is 0 Å². The van der Waals surface area contributed by atoms with Crippen LogP contribution in [-0.4, -0.2) is 9.97 Å². The lowest BCUT2D eigenvalue weighted by Gasteiger charge is -2.17. The molecule has 178 valence electrons. The Balaban J connectivity index is 0.000000277. The van der Waals surface area contributed by atoms with Gasteiger partial charge in [-0.3, -0.25) is 0 Å². The van der Waals surface area contributed by atoms with Crippen LogP contribution in [-0.2, 0) is 0 Å². The molecule has 0 unspecified atom stereocenters. The lowest BCUT2D eigenvalue weighted by atomic mass is 10.2. The predicted octanol–water partition coefficient (Wildman–Crippen LogP) is -6.05. The molecule has 0 fully saturated rings. The lowest BCUT2D eigenvalue weighted by Crippen LogP contribution is -2.68. The van der Waals surface area contributed by atoms with Gasteiger partial charge in [-0.1, -0.05) is 0 Å². The van der Waals surface area contributed by atoms with Crippen molar-refractivity contribution in [3.05, 3.63) is 71.9 Å². The fraction of sp³-hybridized carbons (Fsp3) is 0. The van der Waals surface area contributed by atoms with Gasteiger partial charge in [0.25, 0.3) is 0 Å². The van der Waals surface area contributed by atoms with Gasteiger partial charge < -0.3 is 0 Å². The second-order valence-electron chi connectivity index (χ2n) is 6.12. The highest BCUT2D eigenvalue weighted by Crippen LogP contribution is 2.18. The molecule has 0 amide bonds. The van der Waals surface area contributed by atoms with E-state index < -0.39 is 20.5 Å². The number of hydrogen-bond acceptors (Lipinski definition) is 12. The third kappa shape index (κ3) is 7.81. The minimum atomic E-state index is -4.94. The van der Waals surface area contributed by atoms with E-state index >= 15 is 0 Å². The average Bonchev–Trinajstić information content (AvgIpc) is 3.36. The summed E-state index contributed by atoms with van der Waals surface area (Å²) in [6.45, 7) is 0. The van der Waals surface area contributed by atoms with Crippen LogP contribution < -0.4 is 46.4 Å². The molecule has 0 spiro atoms. The molecule has 4 aromatic heterocycles. The standard InChI is InChI=1S/C18H12N4S2.2ClHO4/c1-4-13(21-11-23-17-15(21)6-2-8-19-17)10-14(5-1)22-12-24-18-16(22)7-3-9-20-18;2*2-1(3,4)5/h1-12H;2*(H,2,3,4,5)/q+2;;/p-2. The summed E-state index contributed by atoms with van der Waals surface area (Å²) in [4.78, 5) is 10.9. The first-order valence-electron chi connectivity index (χ1n) is 8.72. The van der Waals surface area contributed by atoms with Crippen LogP contribution in [0.4, 0.5) is 0 Å². The minimum Gasteiger partial charge on any atom is -0.239 e. The van der Waals surface area contributed by atoms with E-state index in [0.29, 0.717) is 0 Å². The van der Waals surface area contributed by atoms with Crippen LogP contribution in [0.15, 0.2) is 71.9 Å². The predicted molar refractivity (Wildman–Crippen MR) is 95.9 cm³/mol. The molecular weight excluding hydrogens is 535 g/mol. The Hall–Kier alpha value is -2.44. The topological polar surface area (TPSA) is 218 Å².